The van der Waals surface area contributed by atoms with Gasteiger partial charge in [0.1, 0.15) is 0 Å². The molecule has 2 aliphatic rings. The van der Waals surface area contributed by atoms with E-state index in [-0.39, 0.29) is 5.91 Å². The van der Waals surface area contributed by atoms with E-state index in [1.54, 1.807) is 0 Å². The Morgan fingerprint density at radius 3 is 2.82 bits per heavy atom. The number of hydrogen-bond donors (Lipinski definition) is 0. The maximum Gasteiger partial charge on any atom is 0.299 e. The molecule has 0 atom stereocenters. The van der Waals surface area contributed by atoms with E-state index >= 15 is 0 Å². The number of carbonyl (C=O) groups excluding carboxylic acids is 1. The van der Waals surface area contributed by atoms with Crippen LogP contribution in [0.2, 0.25) is 0 Å². The minimum atomic E-state index is 0.0335. The molecule has 0 spiro atoms. The lowest BCUT2D eigenvalue weighted by atomic mass is 10.2. The molecule has 52 valence electrons. The highest BCUT2D eigenvalue weighted by atomic mass is 16.2. The molecule has 1 aromatic heterocycles. The van der Waals surface area contributed by atoms with Crippen LogP contribution in [0.5, 0.6) is 0 Å². The van der Waals surface area contributed by atoms with Crippen molar-refractivity contribution in [3.63, 3.8) is 0 Å². The van der Waals surface area contributed by atoms with Crippen molar-refractivity contribution in [1.82, 2.24) is 9.78 Å². The van der Waals surface area contributed by atoms with Crippen LogP contribution >= 0.6 is 0 Å². The summed E-state index contributed by atoms with van der Waals surface area (Å²) in [4.78, 5) is 11.1. The predicted molar refractivity (Wildman–Crippen MR) is 39.5 cm³/mol. The second-order valence-corrected chi connectivity index (χ2v) is 2.58. The topological polar surface area (TPSA) is 34.9 Å². The van der Waals surface area contributed by atoms with Crippen molar-refractivity contribution in [1.29, 1.82) is 0 Å². The van der Waals surface area contributed by atoms with Crippen molar-refractivity contribution in [2.75, 3.05) is 0 Å². The monoisotopic (exact) mass is 144 g/mol. The van der Waals surface area contributed by atoms with Crippen LogP contribution in [-0.4, -0.2) is 15.7 Å². The van der Waals surface area contributed by atoms with Crippen LogP contribution in [0.3, 0.4) is 0 Å². The summed E-state index contributed by atoms with van der Waals surface area (Å²) >= 11 is 0. The van der Waals surface area contributed by atoms with Crippen molar-refractivity contribution < 1.29 is 4.79 Å². The van der Waals surface area contributed by atoms with Crippen molar-refractivity contribution in [3.05, 3.63) is 30.0 Å². The summed E-state index contributed by atoms with van der Waals surface area (Å²) in [5, 5.41) is 4.95. The van der Waals surface area contributed by atoms with Gasteiger partial charge in [-0.3, -0.25) is 4.79 Å². The van der Waals surface area contributed by atoms with Gasteiger partial charge in [-0.2, -0.15) is 9.78 Å². The Morgan fingerprint density at radius 2 is 2.09 bits per heavy atom. The summed E-state index contributed by atoms with van der Waals surface area (Å²) in [5.41, 5.74) is 1.54. The van der Waals surface area contributed by atoms with Crippen molar-refractivity contribution in [2.45, 2.75) is 0 Å². The molecular weight excluding hydrogens is 140 g/mol. The first kappa shape index (κ1) is 5.07. The predicted octanol–water partition coefficient (Wildman–Crippen LogP) is 1.04. The minimum Gasteiger partial charge on any atom is -0.265 e. The summed E-state index contributed by atoms with van der Waals surface area (Å²) in [6.45, 7) is 0. The van der Waals surface area contributed by atoms with Gasteiger partial charge in [-0.1, -0.05) is 18.2 Å². The summed E-state index contributed by atoms with van der Waals surface area (Å²) in [7, 11) is 0. The Balaban J connectivity index is 2.65. The van der Waals surface area contributed by atoms with E-state index in [2.05, 4.69) is 5.10 Å². The molecule has 0 radical (unpaired) electrons. The highest BCUT2D eigenvalue weighted by Crippen LogP contribution is 2.26. The first-order valence-corrected chi connectivity index (χ1v) is 3.40. The largest absolute Gasteiger partial charge is 0.299 e. The Labute approximate surface area is 62.2 Å². The molecule has 3 nitrogen and oxygen atoms in total. The van der Waals surface area contributed by atoms with Crippen LogP contribution in [0, 0.1) is 0 Å². The fraction of sp³-hybridized carbons (Fsp3) is 0. The lowest BCUT2D eigenvalue weighted by molar-refractivity contribution is 0.0909. The molecule has 0 amide bonds. The molecule has 0 saturated carbocycles. The summed E-state index contributed by atoms with van der Waals surface area (Å²) < 4.78 is 1.44. The first-order chi connectivity index (χ1) is 5.38. The molecule has 2 aromatic rings. The van der Waals surface area contributed by atoms with Crippen LogP contribution in [-0.2, 0) is 0 Å². The van der Waals surface area contributed by atoms with E-state index in [1.807, 2.05) is 24.3 Å². The van der Waals surface area contributed by atoms with Gasteiger partial charge in [0.15, 0.2) is 5.69 Å². The molecule has 3 heteroatoms. The highest BCUT2D eigenvalue weighted by molar-refractivity contribution is 6.15. The number of benzene rings is 1. The molecule has 4 rings (SSSR count). The zero-order chi connectivity index (χ0) is 7.42. The normalized spacial score (nSPS) is 13.6. The Morgan fingerprint density at radius 1 is 1.27 bits per heavy atom. The van der Waals surface area contributed by atoms with E-state index in [4.69, 9.17) is 0 Å². The average Bonchev–Trinajstić information content (AvgIpc) is 2.54. The van der Waals surface area contributed by atoms with Gasteiger partial charge in [0.2, 0.25) is 0 Å². The zero-order valence-corrected chi connectivity index (χ0v) is 5.61. The second kappa shape index (κ2) is 1.34. The lowest BCUT2D eigenvalue weighted by Gasteiger charge is -2.01. The van der Waals surface area contributed by atoms with Crippen molar-refractivity contribution in [3.8, 4) is 0 Å². The number of hydrogen-bond acceptors (Lipinski definition) is 2. The number of carbonyl (C=O) groups is 1. The highest BCUT2D eigenvalue weighted by Gasteiger charge is 2.29. The molecule has 0 unspecified atom stereocenters. The third-order valence-corrected chi connectivity index (χ3v) is 1.98. The van der Waals surface area contributed by atoms with Gasteiger partial charge in [0, 0.05) is 5.39 Å². The van der Waals surface area contributed by atoms with Gasteiger partial charge >= 0.3 is 0 Å². The second-order valence-electron chi connectivity index (χ2n) is 2.58. The fourth-order valence-corrected chi connectivity index (χ4v) is 1.43. The van der Waals surface area contributed by atoms with E-state index in [1.165, 1.54) is 4.68 Å². The van der Waals surface area contributed by atoms with Crippen LogP contribution in [0.1, 0.15) is 10.5 Å². The Kier molecular flexibility index (Phi) is 0.619. The van der Waals surface area contributed by atoms with Gasteiger partial charge in [-0.15, -0.1) is 0 Å². The number of nitrogens with zero attached hydrogens (tertiary/aromatic N) is 2. The molecule has 0 fully saturated rings. The lowest BCUT2D eigenvalue weighted by Crippen LogP contribution is -2.21. The molecular formula is C8H4N2O. The fourth-order valence-electron chi connectivity index (χ4n) is 1.43. The molecule has 0 aliphatic carbocycles. The number of rotatable bonds is 0. The smallest absolute Gasteiger partial charge is 0.265 e. The van der Waals surface area contributed by atoms with Gasteiger partial charge in [0.05, 0.1) is 5.52 Å². The van der Waals surface area contributed by atoms with Crippen LogP contribution < -0.4 is 0 Å². The summed E-state index contributed by atoms with van der Waals surface area (Å²) in [5.74, 6) is 0.0335. The summed E-state index contributed by atoms with van der Waals surface area (Å²) in [6, 6.07) is 7.63. The zero-order valence-electron chi connectivity index (χ0n) is 5.61. The third-order valence-electron chi connectivity index (χ3n) is 1.98. The quantitative estimate of drug-likeness (QED) is 0.472. The standard InChI is InChI=1S/C8H4N2O/c11-8-7-5-3-1-2-4-6(5)10(8)9-7/h1-4H. The van der Waals surface area contributed by atoms with E-state index in [0.717, 1.165) is 10.9 Å². The average molecular weight is 144 g/mol. The molecule has 3 heterocycles. The molecule has 0 saturated heterocycles. The van der Waals surface area contributed by atoms with Crippen molar-refractivity contribution in [2.24, 2.45) is 0 Å². The Hall–Kier alpha value is -1.64. The maximum absolute atomic E-state index is 11.1. The third kappa shape index (κ3) is 0.392. The molecule has 2 aliphatic heterocycles. The van der Waals surface area contributed by atoms with E-state index < -0.39 is 0 Å². The van der Waals surface area contributed by atoms with E-state index in [0.29, 0.717) is 5.69 Å². The van der Waals surface area contributed by atoms with Gasteiger partial charge in [0.25, 0.3) is 5.91 Å². The minimum absolute atomic E-state index is 0.0335. The van der Waals surface area contributed by atoms with Crippen LogP contribution in [0.25, 0.3) is 10.9 Å². The maximum atomic E-state index is 11.1. The SMILES string of the molecule is O=C1c2nn1c1ccccc21. The molecule has 1 aromatic carbocycles. The number of aromatic nitrogens is 2. The van der Waals surface area contributed by atoms with Gasteiger partial charge in [-0.05, 0) is 6.07 Å². The van der Waals surface area contributed by atoms with Gasteiger partial charge in [-0.25, -0.2) is 0 Å². The van der Waals surface area contributed by atoms with Gasteiger partial charge < -0.3 is 0 Å². The molecule has 11 heavy (non-hydrogen) atoms. The number of para-hydroxylation sites is 1. The van der Waals surface area contributed by atoms with Crippen LogP contribution in [0.15, 0.2) is 24.3 Å². The first-order valence-electron chi connectivity index (χ1n) is 3.40. The Bertz CT molecular complexity index is 430. The van der Waals surface area contributed by atoms with Crippen LogP contribution in [0.4, 0.5) is 0 Å². The molecule has 2 bridgehead atoms. The van der Waals surface area contributed by atoms with E-state index in [9.17, 15) is 4.79 Å². The summed E-state index contributed by atoms with van der Waals surface area (Å²) in [6.07, 6.45) is 0. The van der Waals surface area contributed by atoms with Crippen molar-refractivity contribution >= 4 is 16.8 Å². The molecule has 0 N–H and O–H groups in total.